The summed E-state index contributed by atoms with van der Waals surface area (Å²) in [7, 11) is 5.43. The monoisotopic (exact) mass is 238 g/mol. The van der Waals surface area contributed by atoms with Crippen molar-refractivity contribution in [2.75, 3.05) is 20.6 Å². The van der Waals surface area contributed by atoms with Crippen LogP contribution in [0.4, 0.5) is 0 Å². The van der Waals surface area contributed by atoms with Crippen molar-refractivity contribution < 1.29 is 4.79 Å². The van der Waals surface area contributed by atoms with Crippen molar-refractivity contribution in [3.63, 3.8) is 0 Å². The highest BCUT2D eigenvalue weighted by Gasteiger charge is 2.11. The van der Waals surface area contributed by atoms with Gasteiger partial charge in [0.15, 0.2) is 0 Å². The van der Waals surface area contributed by atoms with Gasteiger partial charge in [-0.05, 0) is 5.92 Å². The van der Waals surface area contributed by atoms with Gasteiger partial charge in [0.05, 0.1) is 12.2 Å². The number of amides is 1. The molecule has 1 aromatic heterocycles. The van der Waals surface area contributed by atoms with E-state index in [2.05, 4.69) is 24.3 Å². The Hall–Kier alpha value is -1.36. The van der Waals surface area contributed by atoms with Crippen molar-refractivity contribution >= 4 is 5.91 Å². The van der Waals surface area contributed by atoms with E-state index in [1.165, 1.54) is 0 Å². The first kappa shape index (κ1) is 13.7. The fourth-order valence-corrected chi connectivity index (χ4v) is 1.64. The van der Waals surface area contributed by atoms with Gasteiger partial charge in [-0.3, -0.25) is 9.48 Å². The molecule has 96 valence electrons. The molecule has 17 heavy (non-hydrogen) atoms. The van der Waals surface area contributed by atoms with Crippen LogP contribution in [0.2, 0.25) is 0 Å². The molecule has 0 fully saturated rings. The van der Waals surface area contributed by atoms with Crippen molar-refractivity contribution in [3.05, 3.63) is 17.5 Å². The lowest BCUT2D eigenvalue weighted by atomic mass is 10.1. The average Bonchev–Trinajstić information content (AvgIpc) is 2.59. The lowest BCUT2D eigenvalue weighted by molar-refractivity contribution is -0.127. The zero-order chi connectivity index (χ0) is 13.0. The van der Waals surface area contributed by atoms with Crippen LogP contribution in [0.1, 0.15) is 31.0 Å². The van der Waals surface area contributed by atoms with E-state index in [1.54, 1.807) is 19.0 Å². The highest BCUT2D eigenvalue weighted by molar-refractivity contribution is 5.77. The van der Waals surface area contributed by atoms with Crippen LogP contribution in [0.25, 0.3) is 0 Å². The smallest absolute Gasteiger partial charge is 0.236 e. The molecule has 0 aliphatic carbocycles. The van der Waals surface area contributed by atoms with Crippen molar-refractivity contribution in [1.29, 1.82) is 0 Å². The largest absolute Gasteiger partial charge is 0.348 e. The second kappa shape index (κ2) is 5.82. The van der Waals surface area contributed by atoms with E-state index < -0.39 is 0 Å². The van der Waals surface area contributed by atoms with Crippen molar-refractivity contribution in [2.45, 2.75) is 26.3 Å². The Balaban J connectivity index is 2.54. The summed E-state index contributed by atoms with van der Waals surface area (Å²) in [6.45, 7) is 5.29. The lowest BCUT2D eigenvalue weighted by Crippen LogP contribution is -2.32. The minimum atomic E-state index is 0.0833. The van der Waals surface area contributed by atoms with Crippen molar-refractivity contribution in [3.8, 4) is 0 Å². The van der Waals surface area contributed by atoms with Gasteiger partial charge in [0.2, 0.25) is 5.91 Å². The van der Waals surface area contributed by atoms with E-state index in [4.69, 9.17) is 0 Å². The second-order valence-electron chi connectivity index (χ2n) is 4.76. The SMILES string of the molecule is CC(C)c1nn(C)cc1CNCC(=O)N(C)C. The summed E-state index contributed by atoms with van der Waals surface area (Å²) < 4.78 is 1.82. The molecule has 1 heterocycles. The van der Waals surface area contributed by atoms with E-state index in [1.807, 2.05) is 17.9 Å². The van der Waals surface area contributed by atoms with Gasteiger partial charge in [-0.15, -0.1) is 0 Å². The molecule has 1 rings (SSSR count). The first-order valence-corrected chi connectivity index (χ1v) is 5.85. The van der Waals surface area contributed by atoms with Gasteiger partial charge in [-0.25, -0.2) is 0 Å². The molecule has 0 aliphatic rings. The van der Waals surface area contributed by atoms with Crippen LogP contribution in [-0.4, -0.2) is 41.2 Å². The summed E-state index contributed by atoms with van der Waals surface area (Å²) in [5.41, 5.74) is 2.26. The van der Waals surface area contributed by atoms with Gasteiger partial charge in [-0.2, -0.15) is 5.10 Å². The highest BCUT2D eigenvalue weighted by atomic mass is 16.2. The molecular formula is C12H22N4O. The summed E-state index contributed by atoms with van der Waals surface area (Å²) in [5.74, 6) is 0.484. The van der Waals surface area contributed by atoms with Crippen molar-refractivity contribution in [2.24, 2.45) is 7.05 Å². The first-order valence-electron chi connectivity index (χ1n) is 5.85. The zero-order valence-electron chi connectivity index (χ0n) is 11.3. The number of aryl methyl sites for hydroxylation is 1. The predicted octanol–water partition coefficient (Wildman–Crippen LogP) is 0.721. The molecule has 1 aromatic rings. The molecule has 0 unspecified atom stereocenters. The number of rotatable bonds is 5. The maximum absolute atomic E-state index is 11.4. The van der Waals surface area contributed by atoms with E-state index in [0.29, 0.717) is 19.0 Å². The van der Waals surface area contributed by atoms with Crippen LogP contribution < -0.4 is 5.32 Å². The molecule has 5 nitrogen and oxygen atoms in total. The third kappa shape index (κ3) is 3.85. The topological polar surface area (TPSA) is 50.2 Å². The molecule has 0 atom stereocenters. The number of aromatic nitrogens is 2. The quantitative estimate of drug-likeness (QED) is 0.822. The number of hydrogen-bond acceptors (Lipinski definition) is 3. The first-order chi connectivity index (χ1) is 7.91. The maximum Gasteiger partial charge on any atom is 0.236 e. The molecule has 0 spiro atoms. The predicted molar refractivity (Wildman–Crippen MR) is 67.7 cm³/mol. The van der Waals surface area contributed by atoms with Gasteiger partial charge < -0.3 is 10.2 Å². The van der Waals surface area contributed by atoms with Gasteiger partial charge in [-0.1, -0.05) is 13.8 Å². The van der Waals surface area contributed by atoms with E-state index in [-0.39, 0.29) is 5.91 Å². The number of carbonyl (C=O) groups is 1. The molecule has 0 bridgehead atoms. The van der Waals surface area contributed by atoms with Crippen LogP contribution in [0.5, 0.6) is 0 Å². The maximum atomic E-state index is 11.4. The molecule has 0 radical (unpaired) electrons. The molecular weight excluding hydrogens is 216 g/mol. The second-order valence-corrected chi connectivity index (χ2v) is 4.76. The van der Waals surface area contributed by atoms with Crippen LogP contribution in [0, 0.1) is 0 Å². The van der Waals surface area contributed by atoms with Crippen LogP contribution in [-0.2, 0) is 18.4 Å². The summed E-state index contributed by atoms with van der Waals surface area (Å²) in [5, 5.41) is 7.57. The normalized spacial score (nSPS) is 10.9. The molecule has 1 amide bonds. The summed E-state index contributed by atoms with van der Waals surface area (Å²) >= 11 is 0. The Morgan fingerprint density at radius 2 is 2.18 bits per heavy atom. The third-order valence-electron chi connectivity index (χ3n) is 2.57. The van der Waals surface area contributed by atoms with Gasteiger partial charge >= 0.3 is 0 Å². The minimum absolute atomic E-state index is 0.0833. The Labute approximate surface area is 103 Å². The van der Waals surface area contributed by atoms with Gasteiger partial charge in [0, 0.05) is 39.4 Å². The number of nitrogens with one attached hydrogen (secondary N) is 1. The number of carbonyl (C=O) groups excluding carboxylic acids is 1. The Morgan fingerprint density at radius 1 is 1.53 bits per heavy atom. The Bertz CT molecular complexity index is 382. The Kier molecular flexibility index (Phi) is 4.69. The summed E-state index contributed by atoms with van der Waals surface area (Å²) in [6.07, 6.45) is 2.00. The van der Waals surface area contributed by atoms with Crippen LogP contribution >= 0.6 is 0 Å². The average molecular weight is 238 g/mol. The van der Waals surface area contributed by atoms with Crippen molar-refractivity contribution in [1.82, 2.24) is 20.0 Å². The Morgan fingerprint density at radius 3 is 2.71 bits per heavy atom. The molecule has 0 aliphatic heterocycles. The molecule has 1 N–H and O–H groups in total. The molecule has 0 saturated heterocycles. The van der Waals surface area contributed by atoms with Crippen LogP contribution in [0.3, 0.4) is 0 Å². The number of likely N-dealkylation sites (N-methyl/N-ethyl adjacent to an activating group) is 1. The number of hydrogen-bond donors (Lipinski definition) is 1. The van der Waals surface area contributed by atoms with E-state index in [9.17, 15) is 4.79 Å². The van der Waals surface area contributed by atoms with Gasteiger partial charge in [0.1, 0.15) is 0 Å². The van der Waals surface area contributed by atoms with E-state index in [0.717, 1.165) is 11.3 Å². The fraction of sp³-hybridized carbons (Fsp3) is 0.667. The number of nitrogens with zero attached hydrogens (tertiary/aromatic N) is 3. The summed E-state index contributed by atoms with van der Waals surface area (Å²) in [6, 6.07) is 0. The third-order valence-corrected chi connectivity index (χ3v) is 2.57. The molecule has 5 heteroatoms. The fourth-order valence-electron chi connectivity index (χ4n) is 1.64. The minimum Gasteiger partial charge on any atom is -0.348 e. The lowest BCUT2D eigenvalue weighted by Gasteiger charge is -2.11. The van der Waals surface area contributed by atoms with Gasteiger partial charge in [0.25, 0.3) is 0 Å². The van der Waals surface area contributed by atoms with E-state index >= 15 is 0 Å². The summed E-state index contributed by atoms with van der Waals surface area (Å²) in [4.78, 5) is 13.0. The molecule has 0 saturated carbocycles. The highest BCUT2D eigenvalue weighted by Crippen LogP contribution is 2.16. The zero-order valence-corrected chi connectivity index (χ0v) is 11.3. The van der Waals surface area contributed by atoms with Crippen LogP contribution in [0.15, 0.2) is 6.20 Å². The standard InChI is InChI=1S/C12H22N4O/c1-9(2)12-10(8-16(5)14-12)6-13-7-11(17)15(3)4/h8-9,13H,6-7H2,1-5H3. The molecule has 0 aromatic carbocycles.